The van der Waals surface area contributed by atoms with Crippen molar-refractivity contribution in [2.45, 2.75) is 18.9 Å². The fourth-order valence-corrected chi connectivity index (χ4v) is 2.81. The summed E-state index contributed by atoms with van der Waals surface area (Å²) in [4.78, 5) is 16.8. The lowest BCUT2D eigenvalue weighted by Crippen LogP contribution is -2.44. The SMILES string of the molecule is COc1cc(N)c(Cl)cc1C(=O)N(C)C1CCN(C)CC1.Cl. The number of benzene rings is 1. The van der Waals surface area contributed by atoms with Crippen LogP contribution in [0, 0.1) is 0 Å². The Bertz CT molecular complexity index is 532. The molecule has 0 aliphatic carbocycles. The van der Waals surface area contributed by atoms with Crippen molar-refractivity contribution >= 4 is 35.6 Å². The Morgan fingerprint density at radius 1 is 1.41 bits per heavy atom. The van der Waals surface area contributed by atoms with Crippen LogP contribution in [0.2, 0.25) is 5.02 Å². The van der Waals surface area contributed by atoms with Crippen LogP contribution in [-0.2, 0) is 0 Å². The molecule has 5 nitrogen and oxygen atoms in total. The third kappa shape index (κ3) is 3.97. The van der Waals surface area contributed by atoms with E-state index in [1.54, 1.807) is 17.0 Å². The van der Waals surface area contributed by atoms with Crippen molar-refractivity contribution in [2.24, 2.45) is 0 Å². The van der Waals surface area contributed by atoms with Gasteiger partial charge in [-0.05, 0) is 39.0 Å². The molecule has 1 heterocycles. The normalized spacial score (nSPS) is 16.0. The molecule has 2 rings (SSSR count). The van der Waals surface area contributed by atoms with Gasteiger partial charge in [-0.25, -0.2) is 0 Å². The molecular weight excluding hydrogens is 325 g/mol. The van der Waals surface area contributed by atoms with Crippen molar-refractivity contribution in [3.8, 4) is 5.75 Å². The number of nitrogen functional groups attached to an aromatic ring is 1. The highest BCUT2D eigenvalue weighted by Crippen LogP contribution is 2.30. The average Bonchev–Trinajstić information content (AvgIpc) is 2.49. The van der Waals surface area contributed by atoms with E-state index in [-0.39, 0.29) is 24.4 Å². The molecule has 7 heteroatoms. The van der Waals surface area contributed by atoms with Gasteiger partial charge >= 0.3 is 0 Å². The summed E-state index contributed by atoms with van der Waals surface area (Å²) in [6, 6.07) is 3.43. The standard InChI is InChI=1S/C15H22ClN3O2.ClH/c1-18-6-4-10(5-7-18)19(2)15(20)11-8-12(16)13(17)9-14(11)21-3;/h8-10H,4-7,17H2,1-3H3;1H. The number of anilines is 1. The number of rotatable bonds is 3. The van der Waals surface area contributed by atoms with Gasteiger partial charge in [0.15, 0.2) is 0 Å². The molecule has 1 aliphatic rings. The van der Waals surface area contributed by atoms with Crippen LogP contribution in [0.1, 0.15) is 23.2 Å². The molecule has 0 unspecified atom stereocenters. The second kappa shape index (κ2) is 7.90. The first kappa shape index (κ1) is 18.9. The molecule has 124 valence electrons. The molecule has 2 N–H and O–H groups in total. The zero-order valence-electron chi connectivity index (χ0n) is 13.1. The molecule has 0 atom stereocenters. The smallest absolute Gasteiger partial charge is 0.257 e. The fourth-order valence-electron chi connectivity index (χ4n) is 2.64. The molecule has 1 fully saturated rings. The van der Waals surface area contributed by atoms with E-state index < -0.39 is 0 Å². The van der Waals surface area contributed by atoms with Crippen LogP contribution in [0.5, 0.6) is 5.75 Å². The second-order valence-corrected chi connectivity index (χ2v) is 5.93. The summed E-state index contributed by atoms with van der Waals surface area (Å²) in [7, 11) is 5.46. The largest absolute Gasteiger partial charge is 0.496 e. The van der Waals surface area contributed by atoms with Crippen LogP contribution in [0.15, 0.2) is 12.1 Å². The first-order chi connectivity index (χ1) is 9.93. The number of likely N-dealkylation sites (tertiary alicyclic amines) is 1. The molecule has 0 radical (unpaired) electrons. The number of carbonyl (C=O) groups excluding carboxylic acids is 1. The van der Waals surface area contributed by atoms with Gasteiger partial charge in [0.2, 0.25) is 0 Å². The molecule has 0 spiro atoms. The van der Waals surface area contributed by atoms with Crippen LogP contribution < -0.4 is 10.5 Å². The van der Waals surface area contributed by atoms with Gasteiger partial charge in [-0.3, -0.25) is 4.79 Å². The van der Waals surface area contributed by atoms with Gasteiger partial charge in [-0.1, -0.05) is 11.6 Å². The van der Waals surface area contributed by atoms with E-state index in [1.807, 2.05) is 7.05 Å². The minimum Gasteiger partial charge on any atom is -0.496 e. The van der Waals surface area contributed by atoms with Gasteiger partial charge in [0.05, 0.1) is 23.4 Å². The van der Waals surface area contributed by atoms with Gasteiger partial charge in [0, 0.05) is 19.2 Å². The molecule has 1 aromatic carbocycles. The number of amides is 1. The van der Waals surface area contributed by atoms with Gasteiger partial charge in [0.25, 0.3) is 5.91 Å². The maximum Gasteiger partial charge on any atom is 0.257 e. The number of hydrogen-bond donors (Lipinski definition) is 1. The van der Waals surface area contributed by atoms with Gasteiger partial charge in [-0.2, -0.15) is 0 Å². The second-order valence-electron chi connectivity index (χ2n) is 5.52. The van der Waals surface area contributed by atoms with Crippen molar-refractivity contribution in [1.29, 1.82) is 0 Å². The summed E-state index contributed by atoms with van der Waals surface area (Å²) in [6.45, 7) is 2.00. The first-order valence-corrected chi connectivity index (χ1v) is 7.40. The summed E-state index contributed by atoms with van der Waals surface area (Å²) < 4.78 is 5.26. The maximum absolute atomic E-state index is 12.7. The molecule has 0 bridgehead atoms. The van der Waals surface area contributed by atoms with Gasteiger partial charge in [-0.15, -0.1) is 12.4 Å². The topological polar surface area (TPSA) is 58.8 Å². The van der Waals surface area contributed by atoms with Crippen molar-refractivity contribution < 1.29 is 9.53 Å². The third-order valence-electron chi connectivity index (χ3n) is 4.11. The highest BCUT2D eigenvalue weighted by Gasteiger charge is 2.26. The molecule has 1 aromatic rings. The number of carbonyl (C=O) groups is 1. The number of piperidine rings is 1. The highest BCUT2D eigenvalue weighted by atomic mass is 35.5. The Balaban J connectivity index is 0.00000242. The summed E-state index contributed by atoms with van der Waals surface area (Å²) in [5.74, 6) is 0.380. The lowest BCUT2D eigenvalue weighted by atomic mass is 10.0. The summed E-state index contributed by atoms with van der Waals surface area (Å²) in [5, 5.41) is 0.371. The molecule has 0 saturated carbocycles. The van der Waals surface area contributed by atoms with Gasteiger partial charge < -0.3 is 20.3 Å². The lowest BCUT2D eigenvalue weighted by Gasteiger charge is -2.35. The van der Waals surface area contributed by atoms with E-state index in [0.29, 0.717) is 22.0 Å². The Labute approximate surface area is 142 Å². The summed E-state index contributed by atoms with van der Waals surface area (Å²) in [6.07, 6.45) is 1.95. The van der Waals surface area contributed by atoms with Gasteiger partial charge in [0.1, 0.15) is 5.75 Å². The number of nitrogens with zero attached hydrogens (tertiary/aromatic N) is 2. The highest BCUT2D eigenvalue weighted by molar-refractivity contribution is 6.33. The molecule has 22 heavy (non-hydrogen) atoms. The zero-order valence-corrected chi connectivity index (χ0v) is 14.7. The Morgan fingerprint density at radius 3 is 2.55 bits per heavy atom. The zero-order chi connectivity index (χ0) is 15.6. The van der Waals surface area contributed by atoms with Crippen LogP contribution in [0.4, 0.5) is 5.69 Å². The minimum absolute atomic E-state index is 0. The molecule has 1 saturated heterocycles. The average molecular weight is 348 g/mol. The fraction of sp³-hybridized carbons (Fsp3) is 0.533. The maximum atomic E-state index is 12.7. The molecule has 1 amide bonds. The van der Waals surface area contributed by atoms with Crippen molar-refractivity contribution in [3.05, 3.63) is 22.7 Å². The van der Waals surface area contributed by atoms with E-state index in [1.165, 1.54) is 7.11 Å². The van der Waals surface area contributed by atoms with E-state index in [2.05, 4.69) is 11.9 Å². The van der Waals surface area contributed by atoms with Crippen LogP contribution in [-0.4, -0.2) is 56.0 Å². The Kier molecular flexibility index (Phi) is 6.78. The van der Waals surface area contributed by atoms with E-state index >= 15 is 0 Å². The molecular formula is C15H23Cl2N3O2. The quantitative estimate of drug-likeness (QED) is 0.853. The number of ether oxygens (including phenoxy) is 1. The monoisotopic (exact) mass is 347 g/mol. The van der Waals surface area contributed by atoms with Crippen molar-refractivity contribution in [1.82, 2.24) is 9.80 Å². The van der Waals surface area contributed by atoms with Crippen LogP contribution in [0.3, 0.4) is 0 Å². The number of halogens is 2. The van der Waals surface area contributed by atoms with Crippen molar-refractivity contribution in [2.75, 3.05) is 40.0 Å². The molecule has 0 aromatic heterocycles. The molecule has 1 aliphatic heterocycles. The predicted octanol–water partition coefficient (Wildman–Crippen LogP) is 2.52. The number of hydrogen-bond acceptors (Lipinski definition) is 4. The van der Waals surface area contributed by atoms with E-state index in [9.17, 15) is 4.79 Å². The predicted molar refractivity (Wildman–Crippen MR) is 92.3 cm³/mol. The third-order valence-corrected chi connectivity index (χ3v) is 4.43. The summed E-state index contributed by atoms with van der Waals surface area (Å²) in [5.41, 5.74) is 6.62. The van der Waals surface area contributed by atoms with Crippen molar-refractivity contribution in [3.63, 3.8) is 0 Å². The minimum atomic E-state index is -0.0803. The Morgan fingerprint density at radius 2 is 2.00 bits per heavy atom. The first-order valence-electron chi connectivity index (χ1n) is 7.02. The summed E-state index contributed by atoms with van der Waals surface area (Å²) >= 11 is 6.04. The van der Waals surface area contributed by atoms with E-state index in [0.717, 1.165) is 25.9 Å². The van der Waals surface area contributed by atoms with E-state index in [4.69, 9.17) is 22.1 Å². The number of nitrogens with two attached hydrogens (primary N) is 1. The van der Waals surface area contributed by atoms with Crippen LogP contribution >= 0.6 is 24.0 Å². The lowest BCUT2D eigenvalue weighted by molar-refractivity contribution is 0.0656. The number of methoxy groups -OCH3 is 1. The Hall–Kier alpha value is -1.17. The van der Waals surface area contributed by atoms with Crippen LogP contribution in [0.25, 0.3) is 0 Å².